The molecule has 2 saturated heterocycles. The molecule has 0 bridgehead atoms. The van der Waals surface area contributed by atoms with Gasteiger partial charge in [-0.25, -0.2) is 0 Å². The molecule has 0 aromatic carbocycles. The third kappa shape index (κ3) is 6.34. The van der Waals surface area contributed by atoms with Crippen LogP contribution in [0, 0.1) is 5.92 Å². The number of ether oxygens (including phenoxy) is 2. The van der Waals surface area contributed by atoms with E-state index in [4.69, 9.17) is 9.47 Å². The zero-order chi connectivity index (χ0) is 22.3. The van der Waals surface area contributed by atoms with Crippen molar-refractivity contribution in [2.24, 2.45) is 5.92 Å². The van der Waals surface area contributed by atoms with Crippen molar-refractivity contribution in [2.45, 2.75) is 63.6 Å². The Kier molecular flexibility index (Phi) is 8.58. The van der Waals surface area contributed by atoms with Gasteiger partial charge in [0.25, 0.3) is 0 Å². The van der Waals surface area contributed by atoms with Crippen LogP contribution in [0.15, 0.2) is 24.5 Å². The number of Topliss-reactive ketones (excluding diaryl/α,β-unsaturated/α-hetero) is 1. The zero-order valence-electron chi connectivity index (χ0n) is 19.2. The second-order valence-corrected chi connectivity index (χ2v) is 9.12. The molecule has 31 heavy (non-hydrogen) atoms. The second-order valence-electron chi connectivity index (χ2n) is 9.12. The zero-order valence-corrected chi connectivity index (χ0v) is 19.2. The molecule has 0 saturated carbocycles. The number of methoxy groups -OCH3 is 1. The van der Waals surface area contributed by atoms with E-state index in [-0.39, 0.29) is 17.4 Å². The Hall–Kier alpha value is -1.83. The van der Waals surface area contributed by atoms with Gasteiger partial charge in [-0.3, -0.25) is 24.4 Å². The highest BCUT2D eigenvalue weighted by Crippen LogP contribution is 2.30. The summed E-state index contributed by atoms with van der Waals surface area (Å²) in [5.41, 5.74) is 1.02. The predicted molar refractivity (Wildman–Crippen MR) is 119 cm³/mol. The lowest BCUT2D eigenvalue weighted by Gasteiger charge is -2.47. The van der Waals surface area contributed by atoms with Crippen molar-refractivity contribution in [1.29, 1.82) is 0 Å². The summed E-state index contributed by atoms with van der Waals surface area (Å²) in [6.07, 6.45) is 8.55. The molecule has 2 aliphatic rings. The summed E-state index contributed by atoms with van der Waals surface area (Å²) in [5, 5.41) is 0. The average Bonchev–Trinajstić information content (AvgIpc) is 2.80. The Morgan fingerprint density at radius 3 is 2.68 bits per heavy atom. The highest BCUT2D eigenvalue weighted by Gasteiger charge is 2.40. The summed E-state index contributed by atoms with van der Waals surface area (Å²) in [5.74, 6) is -1.17. The van der Waals surface area contributed by atoms with Gasteiger partial charge in [-0.2, -0.15) is 0 Å². The third-order valence-corrected chi connectivity index (χ3v) is 7.11. The van der Waals surface area contributed by atoms with Gasteiger partial charge >= 0.3 is 5.97 Å². The minimum absolute atomic E-state index is 0.0543. The van der Waals surface area contributed by atoms with Crippen LogP contribution in [0.3, 0.4) is 0 Å². The number of esters is 1. The molecular formula is C24H37N3O4. The van der Waals surface area contributed by atoms with Gasteiger partial charge in [0.05, 0.1) is 11.6 Å². The van der Waals surface area contributed by atoms with Crippen molar-refractivity contribution >= 4 is 11.8 Å². The van der Waals surface area contributed by atoms with E-state index < -0.39 is 11.9 Å². The summed E-state index contributed by atoms with van der Waals surface area (Å²) in [7, 11) is 3.84. The minimum atomic E-state index is -0.716. The largest absolute Gasteiger partial charge is 0.463 e. The van der Waals surface area contributed by atoms with Gasteiger partial charge in [0, 0.05) is 45.6 Å². The summed E-state index contributed by atoms with van der Waals surface area (Å²) in [6, 6.07) is 4.08. The molecule has 7 nitrogen and oxygen atoms in total. The van der Waals surface area contributed by atoms with Gasteiger partial charge in [0.2, 0.25) is 0 Å². The second kappa shape index (κ2) is 11.2. The molecule has 2 aliphatic heterocycles. The van der Waals surface area contributed by atoms with Crippen LogP contribution in [-0.2, 0) is 25.6 Å². The smallest absolute Gasteiger partial charge is 0.316 e. The van der Waals surface area contributed by atoms with E-state index in [1.807, 2.05) is 12.3 Å². The van der Waals surface area contributed by atoms with E-state index in [9.17, 15) is 9.59 Å². The molecule has 0 aliphatic carbocycles. The van der Waals surface area contributed by atoms with Crippen molar-refractivity contribution in [1.82, 2.24) is 14.8 Å². The highest BCUT2D eigenvalue weighted by molar-refractivity contribution is 5.98. The van der Waals surface area contributed by atoms with Gasteiger partial charge in [-0.15, -0.1) is 0 Å². The number of aromatic nitrogens is 1. The fraction of sp³-hybridized carbons (Fsp3) is 0.708. The SMILES string of the molecule is COC1CCCN(C)C2(CCN(Cc3cccnc3)CC2)COC(=O)C(C)C(=O)CC1. The Balaban J connectivity index is 1.68. The van der Waals surface area contributed by atoms with Crippen molar-refractivity contribution in [2.75, 3.05) is 40.4 Å². The maximum absolute atomic E-state index is 12.6. The predicted octanol–water partition coefficient (Wildman–Crippen LogP) is 2.69. The van der Waals surface area contributed by atoms with Crippen molar-refractivity contribution in [3.05, 3.63) is 30.1 Å². The Bertz CT molecular complexity index is 719. The molecule has 1 spiro atoms. The molecule has 0 N–H and O–H groups in total. The lowest BCUT2D eigenvalue weighted by molar-refractivity contribution is -0.156. The van der Waals surface area contributed by atoms with Crippen molar-refractivity contribution in [3.63, 3.8) is 0 Å². The first-order chi connectivity index (χ1) is 14.9. The van der Waals surface area contributed by atoms with E-state index >= 15 is 0 Å². The lowest BCUT2D eigenvalue weighted by Crippen LogP contribution is -2.57. The van der Waals surface area contributed by atoms with Crippen LogP contribution in [-0.4, -0.2) is 78.6 Å². The molecule has 3 heterocycles. The number of rotatable bonds is 3. The number of likely N-dealkylation sites (tertiary alicyclic amines) is 1. The van der Waals surface area contributed by atoms with Gasteiger partial charge in [-0.1, -0.05) is 6.07 Å². The molecule has 1 aromatic heterocycles. The minimum Gasteiger partial charge on any atom is -0.463 e. The number of ketones is 1. The summed E-state index contributed by atoms with van der Waals surface area (Å²) in [4.78, 5) is 34.1. The van der Waals surface area contributed by atoms with Gasteiger partial charge in [0.15, 0.2) is 0 Å². The van der Waals surface area contributed by atoms with E-state index in [1.165, 1.54) is 5.56 Å². The van der Waals surface area contributed by atoms with Crippen LogP contribution in [0.25, 0.3) is 0 Å². The van der Waals surface area contributed by atoms with Gasteiger partial charge in [-0.05, 0) is 64.3 Å². The fourth-order valence-corrected chi connectivity index (χ4v) is 4.67. The quantitative estimate of drug-likeness (QED) is 0.538. The van der Waals surface area contributed by atoms with Crippen LogP contribution in [0.5, 0.6) is 0 Å². The van der Waals surface area contributed by atoms with Crippen LogP contribution in [0.4, 0.5) is 0 Å². The number of hydrogen-bond acceptors (Lipinski definition) is 7. The van der Waals surface area contributed by atoms with Crippen LogP contribution in [0.2, 0.25) is 0 Å². The molecule has 172 valence electrons. The average molecular weight is 432 g/mol. The highest BCUT2D eigenvalue weighted by atomic mass is 16.5. The molecule has 0 amide bonds. The molecule has 0 radical (unpaired) electrons. The van der Waals surface area contributed by atoms with Crippen LogP contribution < -0.4 is 0 Å². The van der Waals surface area contributed by atoms with E-state index in [1.54, 1.807) is 20.2 Å². The number of cyclic esters (lactones) is 1. The maximum Gasteiger partial charge on any atom is 0.316 e. The number of piperidine rings is 1. The standard InChI is InChI=1S/C24H37N3O4/c1-19-22(28)9-8-21(30-3)7-5-13-26(2)24(18-31-23(19)29)10-14-27(15-11-24)17-20-6-4-12-25-16-20/h4,6,12,16,19,21H,5,7-11,13-15,17-18H2,1-3H3. The molecule has 2 atom stereocenters. The molecule has 3 rings (SSSR count). The number of nitrogens with zero attached hydrogens (tertiary/aromatic N) is 3. The molecule has 2 unspecified atom stereocenters. The van der Waals surface area contributed by atoms with E-state index in [2.05, 4.69) is 27.9 Å². The normalized spacial score (nSPS) is 27.2. The number of carbonyl (C=O) groups is 2. The number of hydrogen-bond donors (Lipinski definition) is 0. The summed E-state index contributed by atoms with van der Waals surface area (Å²) < 4.78 is 11.3. The number of likely N-dealkylation sites (N-methyl/N-ethyl adjacent to an activating group) is 1. The summed E-state index contributed by atoms with van der Waals surface area (Å²) >= 11 is 0. The third-order valence-electron chi connectivity index (χ3n) is 7.11. The summed E-state index contributed by atoms with van der Waals surface area (Å²) in [6.45, 7) is 5.68. The number of carbonyl (C=O) groups excluding carboxylic acids is 2. The van der Waals surface area contributed by atoms with Gasteiger partial charge < -0.3 is 9.47 Å². The maximum atomic E-state index is 12.6. The van der Waals surface area contributed by atoms with Crippen molar-refractivity contribution in [3.8, 4) is 0 Å². The first-order valence-corrected chi connectivity index (χ1v) is 11.5. The Morgan fingerprint density at radius 2 is 2.00 bits per heavy atom. The lowest BCUT2D eigenvalue weighted by atomic mass is 9.86. The topological polar surface area (TPSA) is 72.0 Å². The molecule has 7 heteroatoms. The fourth-order valence-electron chi connectivity index (χ4n) is 4.67. The molecular weight excluding hydrogens is 394 g/mol. The van der Waals surface area contributed by atoms with Gasteiger partial charge in [0.1, 0.15) is 18.3 Å². The Morgan fingerprint density at radius 1 is 1.23 bits per heavy atom. The first-order valence-electron chi connectivity index (χ1n) is 11.5. The van der Waals surface area contributed by atoms with Crippen molar-refractivity contribution < 1.29 is 19.1 Å². The van der Waals surface area contributed by atoms with Crippen LogP contribution in [0.1, 0.15) is 51.0 Å². The van der Waals surface area contributed by atoms with E-state index in [0.29, 0.717) is 19.4 Å². The van der Waals surface area contributed by atoms with E-state index in [0.717, 1.165) is 51.9 Å². The molecule has 2 fully saturated rings. The monoisotopic (exact) mass is 431 g/mol. The first kappa shape index (κ1) is 23.8. The van der Waals surface area contributed by atoms with Crippen LogP contribution >= 0.6 is 0 Å². The molecule has 1 aromatic rings. The Labute approximate surface area is 186 Å². The number of pyridine rings is 1.